The molecule has 5 aliphatic heterocycles. The van der Waals surface area contributed by atoms with E-state index in [2.05, 4.69) is 27.8 Å². The average Bonchev–Trinajstić information content (AvgIpc) is 3.50. The highest BCUT2D eigenvalue weighted by atomic mass is 32.2. The maximum absolute atomic E-state index is 12.9. The van der Waals surface area contributed by atoms with Crippen molar-refractivity contribution in [2.75, 3.05) is 47.2 Å². The number of methoxy groups -OCH3 is 2. The predicted octanol–water partition coefficient (Wildman–Crippen LogP) is 2.97. The Labute approximate surface area is 260 Å². The molecular weight excluding hydrogens is 588 g/mol. The summed E-state index contributed by atoms with van der Waals surface area (Å²) in [4.78, 5) is 21.7. The lowest BCUT2D eigenvalue weighted by molar-refractivity contribution is -0.150. The number of cyclic esters (lactones) is 1. The number of aryl methyl sites for hydroxylation is 1. The molecule has 7 rings (SSSR count). The largest absolute Gasteiger partial charge is 0.507 e. The van der Waals surface area contributed by atoms with Gasteiger partial charge in [-0.25, -0.2) is 11.5 Å². The van der Waals surface area contributed by atoms with Crippen LogP contribution in [-0.2, 0) is 20.7 Å². The molecule has 7 atom stereocenters. The van der Waals surface area contributed by atoms with Crippen molar-refractivity contribution < 1.29 is 38.3 Å². The first-order valence-electron chi connectivity index (χ1n) is 14.6. The molecule has 2 saturated heterocycles. The third kappa shape index (κ3) is 4.01. The number of likely N-dealkylation sites (N-methyl/N-ethyl adjacent to an activating group) is 1. The number of piperazine rings is 1. The van der Waals surface area contributed by atoms with E-state index in [1.807, 2.05) is 13.8 Å². The van der Waals surface area contributed by atoms with Gasteiger partial charge in [0.15, 0.2) is 29.8 Å². The molecule has 0 aliphatic carbocycles. The normalized spacial score (nSPS) is 30.5. The van der Waals surface area contributed by atoms with Crippen LogP contribution in [0.4, 0.5) is 0 Å². The number of ether oxygens (including phenoxy) is 6. The monoisotopic (exact) mass is 624 g/mol. The first-order valence-corrected chi connectivity index (χ1v) is 15.6. The molecule has 44 heavy (non-hydrogen) atoms. The van der Waals surface area contributed by atoms with Gasteiger partial charge < -0.3 is 39.3 Å². The molecule has 5 heterocycles. The quantitative estimate of drug-likeness (QED) is 0.295. The van der Waals surface area contributed by atoms with Gasteiger partial charge in [0, 0.05) is 35.1 Å². The second-order valence-corrected chi connectivity index (χ2v) is 13.1. The van der Waals surface area contributed by atoms with Crippen molar-refractivity contribution in [3.63, 3.8) is 0 Å². The van der Waals surface area contributed by atoms with E-state index >= 15 is 0 Å². The molecule has 2 aromatic rings. The standard InChI is InChI=1S/C31H36N4O8S/c1-13-7-15-8-17-30(33-3)35-18-9-40-31(37)16(32)10-44-29(21-20(18)28-26(42-12-43-28)14(2)24(21)36)23(35)22(34(17)4)19(15)27(25(13)39-6)41-11-38-5/h7,16-18,22-23,29-30,36H,8-12,32H2,1-2,4-6H3/t16-,17-,18+,22-,23?,29+,30+/m0/s1. The SMILES string of the molecule is [C-]#[N+][C@H]1[C@@H]2Cc3cc(C)c(OC)c(OCOC)c3[C@@H](C3[C@@H]4SC[C@H](N)C(=O)OC[C@H](c5c6c(c(C)c(O)c54)OCO6)N31)N2C. The molecule has 0 radical (unpaired) electrons. The van der Waals surface area contributed by atoms with Gasteiger partial charge in [-0.3, -0.25) is 14.5 Å². The number of benzene rings is 2. The number of fused-ring (bicyclic) bond motifs is 9. The van der Waals surface area contributed by atoms with Crippen LogP contribution in [0.5, 0.6) is 28.7 Å². The van der Waals surface area contributed by atoms with Crippen LogP contribution in [-0.4, -0.2) is 92.4 Å². The second kappa shape index (κ2) is 10.9. The number of thioether (sulfide) groups is 1. The van der Waals surface area contributed by atoms with Crippen LogP contribution >= 0.6 is 11.8 Å². The summed E-state index contributed by atoms with van der Waals surface area (Å²) >= 11 is 1.49. The number of hydrogen-bond donors (Lipinski definition) is 2. The first-order chi connectivity index (χ1) is 21.2. The lowest BCUT2D eigenvalue weighted by atomic mass is 9.72. The minimum atomic E-state index is -0.846. The molecule has 0 saturated carbocycles. The number of nitrogens with zero attached hydrogens (tertiary/aromatic N) is 3. The first kappa shape index (κ1) is 29.3. The van der Waals surface area contributed by atoms with Gasteiger partial charge in [-0.15, -0.1) is 11.8 Å². The summed E-state index contributed by atoms with van der Waals surface area (Å²) in [6.45, 7) is 12.3. The predicted molar refractivity (Wildman–Crippen MR) is 160 cm³/mol. The summed E-state index contributed by atoms with van der Waals surface area (Å²) in [5.74, 6) is 2.11. The van der Waals surface area contributed by atoms with Crippen molar-refractivity contribution in [3.05, 3.63) is 50.9 Å². The van der Waals surface area contributed by atoms with Crippen LogP contribution in [0.15, 0.2) is 6.07 Å². The fourth-order valence-corrected chi connectivity index (χ4v) is 9.36. The summed E-state index contributed by atoms with van der Waals surface area (Å²) in [6.07, 6.45) is 0.0146. The lowest BCUT2D eigenvalue weighted by Gasteiger charge is -2.59. The van der Waals surface area contributed by atoms with Crippen molar-refractivity contribution in [2.24, 2.45) is 5.73 Å². The van der Waals surface area contributed by atoms with Crippen LogP contribution in [0.1, 0.15) is 50.7 Å². The number of phenolic OH excluding ortho intramolecular Hbond substituents is 1. The molecule has 5 aliphatic rings. The zero-order valence-corrected chi connectivity index (χ0v) is 26.1. The average molecular weight is 625 g/mol. The Bertz CT molecular complexity index is 1580. The number of phenols is 1. The van der Waals surface area contributed by atoms with E-state index in [1.54, 1.807) is 14.2 Å². The van der Waals surface area contributed by atoms with Gasteiger partial charge in [-0.05, 0) is 38.4 Å². The molecule has 13 heteroatoms. The molecule has 2 fully saturated rings. The number of carbonyl (C=O) groups is 1. The van der Waals surface area contributed by atoms with E-state index < -0.39 is 29.5 Å². The molecule has 2 aromatic carbocycles. The Hall–Kier alpha value is -3.41. The van der Waals surface area contributed by atoms with Gasteiger partial charge in [-0.2, -0.15) is 0 Å². The van der Waals surface area contributed by atoms with Gasteiger partial charge in [0.1, 0.15) is 24.4 Å². The fourth-order valence-electron chi connectivity index (χ4n) is 7.92. The highest BCUT2D eigenvalue weighted by Crippen LogP contribution is 2.64. The van der Waals surface area contributed by atoms with Gasteiger partial charge in [-0.1, -0.05) is 6.07 Å². The van der Waals surface area contributed by atoms with Crippen LogP contribution in [0.3, 0.4) is 0 Å². The summed E-state index contributed by atoms with van der Waals surface area (Å²) in [7, 11) is 5.25. The van der Waals surface area contributed by atoms with Crippen molar-refractivity contribution in [2.45, 2.75) is 61.9 Å². The van der Waals surface area contributed by atoms with Crippen molar-refractivity contribution >= 4 is 17.7 Å². The smallest absolute Gasteiger partial charge is 0.323 e. The zero-order chi connectivity index (χ0) is 31.0. The Kier molecular flexibility index (Phi) is 7.25. The highest BCUT2D eigenvalue weighted by molar-refractivity contribution is 7.99. The van der Waals surface area contributed by atoms with E-state index in [1.165, 1.54) is 11.8 Å². The van der Waals surface area contributed by atoms with Crippen LogP contribution in [0.2, 0.25) is 0 Å². The minimum absolute atomic E-state index is 0.0115. The topological polar surface area (TPSA) is 130 Å². The molecule has 234 valence electrons. The fraction of sp³-hybridized carbons (Fsp3) is 0.548. The van der Waals surface area contributed by atoms with Gasteiger partial charge >= 0.3 is 5.97 Å². The maximum atomic E-state index is 12.9. The van der Waals surface area contributed by atoms with Gasteiger partial charge in [0.25, 0.3) is 6.17 Å². The van der Waals surface area contributed by atoms with E-state index in [0.717, 1.165) is 16.7 Å². The summed E-state index contributed by atoms with van der Waals surface area (Å²) < 4.78 is 35.2. The van der Waals surface area contributed by atoms with E-state index in [9.17, 15) is 9.90 Å². The number of aromatic hydroxyl groups is 1. The molecule has 3 N–H and O–H groups in total. The molecule has 0 aromatic heterocycles. The number of carbonyl (C=O) groups excluding carboxylic acids is 1. The van der Waals surface area contributed by atoms with Gasteiger partial charge in [0.05, 0.1) is 30.5 Å². The van der Waals surface area contributed by atoms with Gasteiger partial charge in [0.2, 0.25) is 6.79 Å². The Morgan fingerprint density at radius 1 is 1.16 bits per heavy atom. The zero-order valence-electron chi connectivity index (χ0n) is 25.3. The molecule has 0 spiro atoms. The number of rotatable bonds is 4. The summed E-state index contributed by atoms with van der Waals surface area (Å²) in [5.41, 5.74) is 11.3. The molecule has 12 nitrogen and oxygen atoms in total. The van der Waals surface area contributed by atoms with Crippen molar-refractivity contribution in [3.8, 4) is 28.7 Å². The molecular formula is C31H36N4O8S. The maximum Gasteiger partial charge on any atom is 0.323 e. The molecule has 1 unspecified atom stereocenters. The molecule has 0 amide bonds. The van der Waals surface area contributed by atoms with Crippen LogP contribution < -0.4 is 24.7 Å². The van der Waals surface area contributed by atoms with E-state index in [-0.39, 0.29) is 49.8 Å². The summed E-state index contributed by atoms with van der Waals surface area (Å²) in [5, 5.41) is 11.5. The number of hydrogen-bond acceptors (Lipinski definition) is 12. The molecule has 4 bridgehead atoms. The Balaban J connectivity index is 1.53. The Morgan fingerprint density at radius 2 is 1.93 bits per heavy atom. The minimum Gasteiger partial charge on any atom is -0.507 e. The van der Waals surface area contributed by atoms with Crippen LogP contribution in [0.25, 0.3) is 4.85 Å². The summed E-state index contributed by atoms with van der Waals surface area (Å²) in [6, 6.07) is -0.130. The van der Waals surface area contributed by atoms with Crippen molar-refractivity contribution in [1.29, 1.82) is 0 Å². The third-order valence-electron chi connectivity index (χ3n) is 9.74. The van der Waals surface area contributed by atoms with E-state index in [4.69, 9.17) is 40.7 Å². The lowest BCUT2D eigenvalue weighted by Crippen LogP contribution is -2.68. The highest BCUT2D eigenvalue weighted by Gasteiger charge is 2.62. The number of esters is 1. The Morgan fingerprint density at radius 3 is 2.66 bits per heavy atom. The number of nitrogens with two attached hydrogens (primary N) is 1. The third-order valence-corrected chi connectivity index (χ3v) is 11.2. The van der Waals surface area contributed by atoms with E-state index in [0.29, 0.717) is 46.1 Å². The van der Waals surface area contributed by atoms with Crippen LogP contribution in [0, 0.1) is 20.4 Å². The van der Waals surface area contributed by atoms with Crippen molar-refractivity contribution in [1.82, 2.24) is 9.80 Å². The second-order valence-electron chi connectivity index (χ2n) is 11.9.